The number of hydrogen-bond acceptors (Lipinski definition) is 3. The van der Waals surface area contributed by atoms with Gasteiger partial charge in [0.2, 0.25) is 0 Å². The molecule has 1 saturated carbocycles. The molecule has 1 aliphatic carbocycles. The maximum Gasteiger partial charge on any atom is 0.251 e. The SMILES string of the molecule is Cl.O=C(NC1CCCCC1)c1ccc(N2CCNCC2)cc1. The fourth-order valence-electron chi connectivity index (χ4n) is 3.26. The Kier molecular flexibility index (Phi) is 6.52. The molecule has 5 heteroatoms. The number of benzene rings is 1. The van der Waals surface area contributed by atoms with Crippen molar-refractivity contribution in [2.45, 2.75) is 38.1 Å². The summed E-state index contributed by atoms with van der Waals surface area (Å²) in [5.74, 6) is 0.0776. The lowest BCUT2D eigenvalue weighted by molar-refractivity contribution is 0.0928. The minimum Gasteiger partial charge on any atom is -0.369 e. The number of halogens is 1. The van der Waals surface area contributed by atoms with Crippen molar-refractivity contribution in [2.24, 2.45) is 0 Å². The zero-order valence-electron chi connectivity index (χ0n) is 13.0. The lowest BCUT2D eigenvalue weighted by atomic mass is 9.95. The molecule has 0 radical (unpaired) electrons. The van der Waals surface area contributed by atoms with Crippen LogP contribution in [0, 0.1) is 0 Å². The molecule has 22 heavy (non-hydrogen) atoms. The molecule has 0 unspecified atom stereocenters. The van der Waals surface area contributed by atoms with Gasteiger partial charge < -0.3 is 15.5 Å². The summed E-state index contributed by atoms with van der Waals surface area (Å²) in [6.45, 7) is 4.13. The van der Waals surface area contributed by atoms with Crippen LogP contribution in [-0.2, 0) is 0 Å². The average molecular weight is 324 g/mol. The molecule has 122 valence electrons. The van der Waals surface area contributed by atoms with E-state index in [1.54, 1.807) is 0 Å². The van der Waals surface area contributed by atoms with Crippen molar-refractivity contribution in [2.75, 3.05) is 31.1 Å². The molecule has 1 aromatic carbocycles. The van der Waals surface area contributed by atoms with Crippen molar-refractivity contribution >= 4 is 24.0 Å². The lowest BCUT2D eigenvalue weighted by Gasteiger charge is -2.29. The number of rotatable bonds is 3. The van der Waals surface area contributed by atoms with Crippen molar-refractivity contribution in [1.29, 1.82) is 0 Å². The highest BCUT2D eigenvalue weighted by Crippen LogP contribution is 2.19. The second kappa shape index (κ2) is 8.39. The van der Waals surface area contributed by atoms with E-state index in [0.29, 0.717) is 6.04 Å². The number of piperazine rings is 1. The zero-order chi connectivity index (χ0) is 14.5. The number of nitrogens with zero attached hydrogens (tertiary/aromatic N) is 1. The minimum atomic E-state index is 0. The molecule has 1 amide bonds. The first kappa shape index (κ1) is 17.1. The van der Waals surface area contributed by atoms with Crippen LogP contribution in [-0.4, -0.2) is 38.1 Å². The van der Waals surface area contributed by atoms with E-state index < -0.39 is 0 Å². The van der Waals surface area contributed by atoms with Gasteiger partial charge >= 0.3 is 0 Å². The van der Waals surface area contributed by atoms with Gasteiger partial charge in [-0.1, -0.05) is 19.3 Å². The minimum absolute atomic E-state index is 0. The van der Waals surface area contributed by atoms with Crippen molar-refractivity contribution in [3.63, 3.8) is 0 Å². The molecule has 3 rings (SSSR count). The standard InChI is InChI=1S/C17H25N3O.ClH/c21-17(19-15-4-2-1-3-5-15)14-6-8-16(9-7-14)20-12-10-18-11-13-20;/h6-9,15,18H,1-5,10-13H2,(H,19,21);1H. The molecule has 1 heterocycles. The molecule has 0 spiro atoms. The smallest absolute Gasteiger partial charge is 0.251 e. The Labute approximate surface area is 139 Å². The fraction of sp³-hybridized carbons (Fsp3) is 0.588. The van der Waals surface area contributed by atoms with Crippen LogP contribution in [0.1, 0.15) is 42.5 Å². The molecule has 2 aliphatic rings. The van der Waals surface area contributed by atoms with E-state index in [0.717, 1.165) is 44.6 Å². The summed E-state index contributed by atoms with van der Waals surface area (Å²) in [6.07, 6.45) is 6.06. The number of amides is 1. The fourth-order valence-corrected chi connectivity index (χ4v) is 3.26. The number of hydrogen-bond donors (Lipinski definition) is 2. The topological polar surface area (TPSA) is 44.4 Å². The van der Waals surface area contributed by atoms with Gasteiger partial charge in [0.15, 0.2) is 0 Å². The van der Waals surface area contributed by atoms with Gasteiger partial charge in [0.05, 0.1) is 0 Å². The summed E-state index contributed by atoms with van der Waals surface area (Å²) >= 11 is 0. The van der Waals surface area contributed by atoms with Gasteiger partial charge in [-0.15, -0.1) is 12.4 Å². The summed E-state index contributed by atoms with van der Waals surface area (Å²) in [6, 6.07) is 8.42. The van der Waals surface area contributed by atoms with Crippen LogP contribution in [0.3, 0.4) is 0 Å². The maximum atomic E-state index is 12.3. The van der Waals surface area contributed by atoms with Gasteiger partial charge in [-0.2, -0.15) is 0 Å². The number of carbonyl (C=O) groups is 1. The van der Waals surface area contributed by atoms with Crippen molar-refractivity contribution < 1.29 is 4.79 Å². The third-order valence-corrected chi connectivity index (χ3v) is 4.55. The molecule has 2 fully saturated rings. The highest BCUT2D eigenvalue weighted by atomic mass is 35.5. The van der Waals surface area contributed by atoms with E-state index in [1.807, 2.05) is 12.1 Å². The van der Waals surface area contributed by atoms with Crippen LogP contribution < -0.4 is 15.5 Å². The Morgan fingerprint density at radius 2 is 1.68 bits per heavy atom. The van der Waals surface area contributed by atoms with Gasteiger partial charge in [0, 0.05) is 43.5 Å². The highest BCUT2D eigenvalue weighted by Gasteiger charge is 2.17. The second-order valence-corrected chi connectivity index (χ2v) is 6.09. The molecule has 0 bridgehead atoms. The number of nitrogens with one attached hydrogen (secondary N) is 2. The quantitative estimate of drug-likeness (QED) is 0.898. The average Bonchev–Trinajstić information content (AvgIpc) is 2.57. The Morgan fingerprint density at radius 1 is 1.05 bits per heavy atom. The summed E-state index contributed by atoms with van der Waals surface area (Å²) in [7, 11) is 0. The van der Waals surface area contributed by atoms with Crippen LogP contribution in [0.4, 0.5) is 5.69 Å². The van der Waals surface area contributed by atoms with E-state index in [9.17, 15) is 4.79 Å². The molecular formula is C17H26ClN3O. The molecule has 1 saturated heterocycles. The van der Waals surface area contributed by atoms with E-state index >= 15 is 0 Å². The molecule has 4 nitrogen and oxygen atoms in total. The molecule has 1 aliphatic heterocycles. The van der Waals surface area contributed by atoms with Crippen LogP contribution in [0.25, 0.3) is 0 Å². The van der Waals surface area contributed by atoms with E-state index in [2.05, 4.69) is 27.7 Å². The Hall–Kier alpha value is -1.26. The monoisotopic (exact) mass is 323 g/mol. The summed E-state index contributed by atoms with van der Waals surface area (Å²) in [5, 5.41) is 6.53. The largest absolute Gasteiger partial charge is 0.369 e. The van der Waals surface area contributed by atoms with Crippen LogP contribution in [0.15, 0.2) is 24.3 Å². The zero-order valence-corrected chi connectivity index (χ0v) is 13.8. The lowest BCUT2D eigenvalue weighted by Crippen LogP contribution is -2.43. The Balaban J connectivity index is 0.00000176. The van der Waals surface area contributed by atoms with Gasteiger partial charge in [-0.25, -0.2) is 0 Å². The molecule has 0 aromatic heterocycles. The third-order valence-electron chi connectivity index (χ3n) is 4.55. The van der Waals surface area contributed by atoms with Gasteiger partial charge in [0.25, 0.3) is 5.91 Å². The van der Waals surface area contributed by atoms with Gasteiger partial charge in [0.1, 0.15) is 0 Å². The molecule has 1 aromatic rings. The van der Waals surface area contributed by atoms with E-state index in [1.165, 1.54) is 24.9 Å². The molecule has 0 atom stereocenters. The Morgan fingerprint density at radius 3 is 2.32 bits per heavy atom. The second-order valence-electron chi connectivity index (χ2n) is 6.09. The predicted molar refractivity (Wildman–Crippen MR) is 93.1 cm³/mol. The van der Waals surface area contributed by atoms with Gasteiger partial charge in [-0.3, -0.25) is 4.79 Å². The van der Waals surface area contributed by atoms with Crippen molar-refractivity contribution in [1.82, 2.24) is 10.6 Å². The van der Waals surface area contributed by atoms with Crippen molar-refractivity contribution in [3.05, 3.63) is 29.8 Å². The first-order valence-electron chi connectivity index (χ1n) is 8.19. The Bertz CT molecular complexity index is 465. The summed E-state index contributed by atoms with van der Waals surface area (Å²) in [5.41, 5.74) is 1.99. The normalized spacial score (nSPS) is 19.4. The summed E-state index contributed by atoms with van der Waals surface area (Å²) in [4.78, 5) is 14.6. The molecule has 2 N–H and O–H groups in total. The van der Waals surface area contributed by atoms with E-state index in [4.69, 9.17) is 0 Å². The van der Waals surface area contributed by atoms with Crippen LogP contribution in [0.5, 0.6) is 0 Å². The van der Waals surface area contributed by atoms with Crippen molar-refractivity contribution in [3.8, 4) is 0 Å². The van der Waals surface area contributed by atoms with E-state index in [-0.39, 0.29) is 18.3 Å². The first-order valence-corrected chi connectivity index (χ1v) is 8.19. The predicted octanol–water partition coefficient (Wildman–Crippen LogP) is 2.58. The third kappa shape index (κ3) is 4.37. The molecular weight excluding hydrogens is 298 g/mol. The van der Waals surface area contributed by atoms with Crippen LogP contribution >= 0.6 is 12.4 Å². The number of anilines is 1. The number of carbonyl (C=O) groups excluding carboxylic acids is 1. The summed E-state index contributed by atoms with van der Waals surface area (Å²) < 4.78 is 0. The van der Waals surface area contributed by atoms with Crippen LogP contribution in [0.2, 0.25) is 0 Å². The highest BCUT2D eigenvalue weighted by molar-refractivity contribution is 5.94. The maximum absolute atomic E-state index is 12.3. The van der Waals surface area contributed by atoms with Gasteiger partial charge in [-0.05, 0) is 37.1 Å². The first-order chi connectivity index (χ1) is 10.3.